The molecule has 2 amide bonds. The van der Waals surface area contributed by atoms with Crippen molar-refractivity contribution in [2.75, 3.05) is 13.1 Å². The fourth-order valence-corrected chi connectivity index (χ4v) is 2.49. The van der Waals surface area contributed by atoms with Crippen LogP contribution in [0.25, 0.3) is 0 Å². The fraction of sp³-hybridized carbons (Fsp3) is 0.368. The molecule has 1 aromatic carbocycles. The van der Waals surface area contributed by atoms with Gasteiger partial charge in [0.05, 0.1) is 24.5 Å². The minimum absolute atomic E-state index is 0.171. The predicted molar refractivity (Wildman–Crippen MR) is 94.0 cm³/mol. The number of aryl methyl sites for hydroxylation is 1. The zero-order chi connectivity index (χ0) is 18.4. The summed E-state index contributed by atoms with van der Waals surface area (Å²) < 4.78 is 4.87. The van der Waals surface area contributed by atoms with Crippen LogP contribution >= 0.6 is 0 Å². The van der Waals surface area contributed by atoms with Gasteiger partial charge < -0.3 is 19.7 Å². The van der Waals surface area contributed by atoms with E-state index < -0.39 is 12.1 Å². The Morgan fingerprint density at radius 1 is 1.24 bits per heavy atom. The van der Waals surface area contributed by atoms with E-state index in [1.165, 1.54) is 23.5 Å². The maximum Gasteiger partial charge on any atom is 0.255 e. The quantitative estimate of drug-likeness (QED) is 0.807. The second-order valence-electron chi connectivity index (χ2n) is 6.01. The standard InChI is InChI=1S/C19H24N2O4/c1-4-21(11-17(22)15-7-5-13(2)6-8-15)19(24)14(3)20-18(23)16-9-10-25-12-16/h5-10,12,14,17,22H,4,11H2,1-3H3,(H,20,23). The molecule has 1 aromatic heterocycles. The van der Waals surface area contributed by atoms with Crippen LogP contribution < -0.4 is 5.32 Å². The summed E-state index contributed by atoms with van der Waals surface area (Å²) in [7, 11) is 0. The average molecular weight is 344 g/mol. The number of carbonyl (C=O) groups is 2. The first-order chi connectivity index (χ1) is 11.9. The maximum atomic E-state index is 12.6. The van der Waals surface area contributed by atoms with Crippen LogP contribution in [0.5, 0.6) is 0 Å². The molecule has 0 saturated carbocycles. The first kappa shape index (κ1) is 18.7. The Morgan fingerprint density at radius 3 is 2.48 bits per heavy atom. The second-order valence-corrected chi connectivity index (χ2v) is 6.01. The van der Waals surface area contributed by atoms with Crippen molar-refractivity contribution in [2.45, 2.75) is 32.9 Å². The number of carbonyl (C=O) groups excluding carboxylic acids is 2. The van der Waals surface area contributed by atoms with Crippen molar-refractivity contribution >= 4 is 11.8 Å². The molecule has 2 rings (SSSR count). The van der Waals surface area contributed by atoms with Crippen LogP contribution in [0.4, 0.5) is 0 Å². The van der Waals surface area contributed by atoms with Gasteiger partial charge in [-0.2, -0.15) is 0 Å². The van der Waals surface area contributed by atoms with E-state index in [0.29, 0.717) is 12.1 Å². The molecule has 0 radical (unpaired) electrons. The van der Waals surface area contributed by atoms with E-state index in [1.807, 2.05) is 38.1 Å². The molecule has 0 aliphatic carbocycles. The number of nitrogens with zero attached hydrogens (tertiary/aromatic N) is 1. The van der Waals surface area contributed by atoms with E-state index in [1.54, 1.807) is 6.92 Å². The molecule has 2 unspecified atom stereocenters. The largest absolute Gasteiger partial charge is 0.472 e. The highest BCUT2D eigenvalue weighted by atomic mass is 16.3. The third-order valence-corrected chi connectivity index (χ3v) is 4.05. The number of hydrogen-bond acceptors (Lipinski definition) is 4. The van der Waals surface area contributed by atoms with Crippen molar-refractivity contribution in [1.82, 2.24) is 10.2 Å². The lowest BCUT2D eigenvalue weighted by Crippen LogP contribution is -2.48. The highest BCUT2D eigenvalue weighted by Crippen LogP contribution is 2.15. The van der Waals surface area contributed by atoms with Crippen LogP contribution in [0.3, 0.4) is 0 Å². The number of aliphatic hydroxyl groups is 1. The zero-order valence-electron chi connectivity index (χ0n) is 14.7. The number of likely N-dealkylation sites (N-methyl/N-ethyl adjacent to an activating group) is 1. The van der Waals surface area contributed by atoms with Crippen molar-refractivity contribution in [2.24, 2.45) is 0 Å². The smallest absolute Gasteiger partial charge is 0.255 e. The Bertz CT molecular complexity index is 695. The van der Waals surface area contributed by atoms with Gasteiger partial charge in [0.15, 0.2) is 0 Å². The molecule has 2 atom stereocenters. The summed E-state index contributed by atoms with van der Waals surface area (Å²) in [5.41, 5.74) is 2.23. The summed E-state index contributed by atoms with van der Waals surface area (Å²) >= 11 is 0. The molecule has 2 N–H and O–H groups in total. The zero-order valence-corrected chi connectivity index (χ0v) is 14.7. The Morgan fingerprint density at radius 2 is 1.92 bits per heavy atom. The predicted octanol–water partition coefficient (Wildman–Crippen LogP) is 2.29. The summed E-state index contributed by atoms with van der Waals surface area (Å²) in [6.07, 6.45) is 1.95. The Labute approximate surface area is 147 Å². The van der Waals surface area contributed by atoms with E-state index in [2.05, 4.69) is 5.32 Å². The molecule has 6 nitrogen and oxygen atoms in total. The van der Waals surface area contributed by atoms with Gasteiger partial charge in [0.1, 0.15) is 12.3 Å². The third-order valence-electron chi connectivity index (χ3n) is 4.05. The van der Waals surface area contributed by atoms with Gasteiger partial charge >= 0.3 is 0 Å². The first-order valence-corrected chi connectivity index (χ1v) is 8.28. The van der Waals surface area contributed by atoms with E-state index in [-0.39, 0.29) is 18.4 Å². The van der Waals surface area contributed by atoms with Gasteiger partial charge in [-0.25, -0.2) is 0 Å². The molecular formula is C19H24N2O4. The fourth-order valence-electron chi connectivity index (χ4n) is 2.49. The van der Waals surface area contributed by atoms with Crippen molar-refractivity contribution < 1.29 is 19.1 Å². The van der Waals surface area contributed by atoms with Crippen molar-refractivity contribution in [1.29, 1.82) is 0 Å². The summed E-state index contributed by atoms with van der Waals surface area (Å²) in [4.78, 5) is 26.1. The topological polar surface area (TPSA) is 82.8 Å². The summed E-state index contributed by atoms with van der Waals surface area (Å²) in [5.74, 6) is -0.616. The number of benzene rings is 1. The third kappa shape index (κ3) is 4.93. The molecule has 0 fully saturated rings. The molecular weight excluding hydrogens is 320 g/mol. The molecule has 134 valence electrons. The highest BCUT2D eigenvalue weighted by molar-refractivity contribution is 5.97. The van der Waals surface area contributed by atoms with Crippen molar-refractivity contribution in [3.8, 4) is 0 Å². The lowest BCUT2D eigenvalue weighted by Gasteiger charge is -2.27. The van der Waals surface area contributed by atoms with Gasteiger partial charge in [-0.05, 0) is 32.4 Å². The number of nitrogens with one attached hydrogen (secondary N) is 1. The molecule has 2 aromatic rings. The highest BCUT2D eigenvalue weighted by Gasteiger charge is 2.24. The molecule has 0 bridgehead atoms. The Kier molecular flexibility index (Phi) is 6.36. The Hall–Kier alpha value is -2.60. The summed E-state index contributed by atoms with van der Waals surface area (Å²) in [6.45, 7) is 6.05. The van der Waals surface area contributed by atoms with Gasteiger partial charge in [0.25, 0.3) is 5.91 Å². The minimum Gasteiger partial charge on any atom is -0.472 e. The summed E-state index contributed by atoms with van der Waals surface area (Å²) in [6, 6.07) is 8.37. The van der Waals surface area contributed by atoms with Crippen LogP contribution in [0.2, 0.25) is 0 Å². The normalized spacial score (nSPS) is 13.1. The number of furan rings is 1. The number of amides is 2. The molecule has 0 aliphatic heterocycles. The molecule has 0 saturated heterocycles. The van der Waals surface area contributed by atoms with Gasteiger partial charge in [-0.1, -0.05) is 29.8 Å². The van der Waals surface area contributed by atoms with Crippen LogP contribution in [0, 0.1) is 6.92 Å². The molecule has 0 spiro atoms. The van der Waals surface area contributed by atoms with Gasteiger partial charge in [-0.3, -0.25) is 9.59 Å². The molecule has 0 aliphatic rings. The average Bonchev–Trinajstić information content (AvgIpc) is 3.14. The van der Waals surface area contributed by atoms with Crippen LogP contribution in [0.15, 0.2) is 47.3 Å². The second kappa shape index (κ2) is 8.48. The van der Waals surface area contributed by atoms with Gasteiger partial charge in [0, 0.05) is 6.54 Å². The lowest BCUT2D eigenvalue weighted by molar-refractivity contribution is -0.134. The van der Waals surface area contributed by atoms with E-state index >= 15 is 0 Å². The summed E-state index contributed by atoms with van der Waals surface area (Å²) in [5, 5.41) is 13.0. The van der Waals surface area contributed by atoms with Crippen molar-refractivity contribution in [3.63, 3.8) is 0 Å². The minimum atomic E-state index is -0.777. The van der Waals surface area contributed by atoms with E-state index in [4.69, 9.17) is 4.42 Å². The van der Waals surface area contributed by atoms with Gasteiger partial charge in [0.2, 0.25) is 5.91 Å². The Balaban J connectivity index is 1.97. The SMILES string of the molecule is CCN(CC(O)c1ccc(C)cc1)C(=O)C(C)NC(=O)c1ccoc1. The lowest BCUT2D eigenvalue weighted by atomic mass is 10.1. The van der Waals surface area contributed by atoms with Crippen LogP contribution in [0.1, 0.15) is 41.4 Å². The number of hydrogen-bond donors (Lipinski definition) is 2. The van der Waals surface area contributed by atoms with Gasteiger partial charge in [-0.15, -0.1) is 0 Å². The maximum absolute atomic E-state index is 12.6. The number of aliphatic hydroxyl groups excluding tert-OH is 1. The van der Waals surface area contributed by atoms with Crippen molar-refractivity contribution in [3.05, 3.63) is 59.5 Å². The molecule has 1 heterocycles. The van der Waals surface area contributed by atoms with Crippen LogP contribution in [-0.2, 0) is 4.79 Å². The molecule has 25 heavy (non-hydrogen) atoms. The first-order valence-electron chi connectivity index (χ1n) is 8.28. The molecule has 6 heteroatoms. The monoisotopic (exact) mass is 344 g/mol. The number of rotatable bonds is 7. The van der Waals surface area contributed by atoms with Crippen LogP contribution in [-0.4, -0.2) is 41.0 Å². The van der Waals surface area contributed by atoms with E-state index in [0.717, 1.165) is 11.1 Å². The van der Waals surface area contributed by atoms with E-state index in [9.17, 15) is 14.7 Å².